The minimum absolute atomic E-state index is 0.0500. The summed E-state index contributed by atoms with van der Waals surface area (Å²) in [5.41, 5.74) is 1.34. The van der Waals surface area contributed by atoms with Crippen LogP contribution >= 0.6 is 0 Å². The lowest BCUT2D eigenvalue weighted by Gasteiger charge is -2.32. The van der Waals surface area contributed by atoms with Crippen LogP contribution in [0.3, 0.4) is 0 Å². The number of carbonyl (C=O) groups is 2. The van der Waals surface area contributed by atoms with E-state index in [2.05, 4.69) is 4.98 Å². The van der Waals surface area contributed by atoms with Crippen LogP contribution in [0.15, 0.2) is 48.8 Å². The molecule has 3 atom stereocenters. The van der Waals surface area contributed by atoms with Gasteiger partial charge in [-0.3, -0.25) is 9.78 Å². The highest BCUT2D eigenvalue weighted by Gasteiger charge is 2.50. The Balaban J connectivity index is 1.62. The maximum atomic E-state index is 13.9. The average molecular weight is 382 g/mol. The molecule has 4 rings (SSSR count). The lowest BCUT2D eigenvalue weighted by atomic mass is 9.89. The second kappa shape index (κ2) is 7.22. The fourth-order valence-electron chi connectivity index (χ4n) is 4.45. The van der Waals surface area contributed by atoms with Gasteiger partial charge in [0, 0.05) is 58.0 Å². The molecular weight excluding hydrogens is 359 g/mol. The number of hydrogen-bond donors (Lipinski definition) is 0. The standard InChI is InChI=1S/C21H23FN4O2/c1-24(2)21(28)26-12-16-11-25(20(27)15-6-4-8-23-10-15)13-18(16)19(26)14-5-3-7-17(22)9-14/h3-10,16,18-19H,11-13H2,1-2H3/t16-,18-,19+/m1/s1. The molecule has 0 aliphatic carbocycles. The van der Waals surface area contributed by atoms with Crippen LogP contribution in [0, 0.1) is 17.7 Å². The topological polar surface area (TPSA) is 56.8 Å². The van der Waals surface area contributed by atoms with Gasteiger partial charge in [-0.2, -0.15) is 0 Å². The van der Waals surface area contributed by atoms with Crippen LogP contribution in [-0.4, -0.2) is 65.4 Å². The van der Waals surface area contributed by atoms with Gasteiger partial charge in [-0.15, -0.1) is 0 Å². The van der Waals surface area contributed by atoms with E-state index in [1.807, 2.05) is 15.9 Å². The van der Waals surface area contributed by atoms with Crippen LogP contribution in [0.1, 0.15) is 22.0 Å². The number of nitrogens with zero attached hydrogens (tertiary/aromatic N) is 4. The first kappa shape index (κ1) is 18.4. The Bertz CT molecular complexity index is 889. The number of likely N-dealkylation sites (tertiary alicyclic amines) is 2. The van der Waals surface area contributed by atoms with Crippen molar-refractivity contribution in [2.75, 3.05) is 33.7 Å². The maximum absolute atomic E-state index is 13.9. The number of pyridine rings is 1. The van der Waals surface area contributed by atoms with Gasteiger partial charge < -0.3 is 14.7 Å². The van der Waals surface area contributed by atoms with Crippen molar-refractivity contribution in [2.24, 2.45) is 11.8 Å². The van der Waals surface area contributed by atoms with Crippen molar-refractivity contribution in [1.29, 1.82) is 0 Å². The van der Waals surface area contributed by atoms with Gasteiger partial charge in [0.25, 0.3) is 5.91 Å². The van der Waals surface area contributed by atoms with Crippen molar-refractivity contribution in [2.45, 2.75) is 6.04 Å². The van der Waals surface area contributed by atoms with Gasteiger partial charge >= 0.3 is 6.03 Å². The Morgan fingerprint density at radius 3 is 2.64 bits per heavy atom. The van der Waals surface area contributed by atoms with Gasteiger partial charge in [-0.1, -0.05) is 12.1 Å². The number of amides is 3. The minimum Gasteiger partial charge on any atom is -0.338 e. The highest BCUT2D eigenvalue weighted by Crippen LogP contribution is 2.45. The SMILES string of the molecule is CN(C)C(=O)N1C[C@H]2CN(C(=O)c3cccnc3)C[C@H]2[C@@H]1c1cccc(F)c1. The molecule has 0 unspecified atom stereocenters. The van der Waals surface area contributed by atoms with Crippen molar-refractivity contribution < 1.29 is 14.0 Å². The van der Waals surface area contributed by atoms with Crippen molar-refractivity contribution in [3.05, 3.63) is 65.7 Å². The number of benzene rings is 1. The predicted molar refractivity (Wildman–Crippen MR) is 102 cm³/mol. The van der Waals surface area contributed by atoms with E-state index in [0.29, 0.717) is 25.2 Å². The summed E-state index contributed by atoms with van der Waals surface area (Å²) < 4.78 is 13.9. The molecule has 0 N–H and O–H groups in total. The molecule has 2 saturated heterocycles. The average Bonchev–Trinajstić information content (AvgIpc) is 3.25. The van der Waals surface area contributed by atoms with Crippen molar-refractivity contribution in [3.63, 3.8) is 0 Å². The molecule has 0 spiro atoms. The van der Waals surface area contributed by atoms with Crippen LogP contribution in [0.4, 0.5) is 9.18 Å². The first-order valence-electron chi connectivity index (χ1n) is 9.38. The Hall–Kier alpha value is -2.96. The molecule has 0 saturated carbocycles. The van der Waals surface area contributed by atoms with Gasteiger partial charge in [0.2, 0.25) is 0 Å². The maximum Gasteiger partial charge on any atom is 0.320 e. The number of carbonyl (C=O) groups excluding carboxylic acids is 2. The van der Waals surface area contributed by atoms with E-state index in [9.17, 15) is 14.0 Å². The third kappa shape index (κ3) is 3.21. The molecule has 0 bridgehead atoms. The third-order valence-electron chi connectivity index (χ3n) is 5.68. The summed E-state index contributed by atoms with van der Waals surface area (Å²) in [7, 11) is 3.44. The summed E-state index contributed by atoms with van der Waals surface area (Å²) in [6.45, 7) is 1.68. The molecule has 2 aliphatic rings. The number of halogens is 1. The zero-order valence-corrected chi connectivity index (χ0v) is 16.0. The number of hydrogen-bond acceptors (Lipinski definition) is 3. The van der Waals surface area contributed by atoms with E-state index in [0.717, 1.165) is 5.56 Å². The largest absolute Gasteiger partial charge is 0.338 e. The zero-order chi connectivity index (χ0) is 19.8. The first-order valence-corrected chi connectivity index (χ1v) is 9.38. The normalized spacial score (nSPS) is 23.6. The van der Waals surface area contributed by atoms with E-state index in [1.165, 1.54) is 12.1 Å². The summed E-state index contributed by atoms with van der Waals surface area (Å²) >= 11 is 0. The molecule has 6 nitrogen and oxygen atoms in total. The fourth-order valence-corrected chi connectivity index (χ4v) is 4.45. The Morgan fingerprint density at radius 2 is 1.96 bits per heavy atom. The molecule has 2 fully saturated rings. The number of aromatic nitrogens is 1. The van der Waals surface area contributed by atoms with Crippen LogP contribution in [0.5, 0.6) is 0 Å². The molecule has 28 heavy (non-hydrogen) atoms. The smallest absolute Gasteiger partial charge is 0.320 e. The monoisotopic (exact) mass is 382 g/mol. The molecule has 3 amide bonds. The van der Waals surface area contributed by atoms with Gasteiger partial charge in [0.05, 0.1) is 11.6 Å². The summed E-state index contributed by atoms with van der Waals surface area (Å²) in [5, 5.41) is 0. The van der Waals surface area contributed by atoms with E-state index >= 15 is 0 Å². The lowest BCUT2D eigenvalue weighted by molar-refractivity contribution is 0.0766. The van der Waals surface area contributed by atoms with Crippen LogP contribution in [0.25, 0.3) is 0 Å². The van der Waals surface area contributed by atoms with Gasteiger partial charge in [0.15, 0.2) is 0 Å². The van der Waals surface area contributed by atoms with E-state index in [1.54, 1.807) is 49.6 Å². The second-order valence-corrected chi connectivity index (χ2v) is 7.70. The van der Waals surface area contributed by atoms with E-state index < -0.39 is 0 Å². The Morgan fingerprint density at radius 1 is 1.14 bits per heavy atom. The number of urea groups is 1. The van der Waals surface area contributed by atoms with Gasteiger partial charge in [-0.05, 0) is 29.8 Å². The summed E-state index contributed by atoms with van der Waals surface area (Å²) in [5.74, 6) is -0.130. The van der Waals surface area contributed by atoms with E-state index in [-0.39, 0.29) is 35.6 Å². The zero-order valence-electron chi connectivity index (χ0n) is 16.0. The van der Waals surface area contributed by atoms with Crippen LogP contribution in [0.2, 0.25) is 0 Å². The van der Waals surface area contributed by atoms with Crippen LogP contribution < -0.4 is 0 Å². The van der Waals surface area contributed by atoms with E-state index in [4.69, 9.17) is 0 Å². The number of fused-ring (bicyclic) bond motifs is 1. The molecule has 7 heteroatoms. The Kier molecular flexibility index (Phi) is 4.75. The second-order valence-electron chi connectivity index (χ2n) is 7.70. The molecule has 3 heterocycles. The van der Waals surface area contributed by atoms with Gasteiger partial charge in [0.1, 0.15) is 5.82 Å². The lowest BCUT2D eigenvalue weighted by Crippen LogP contribution is -2.42. The summed E-state index contributed by atoms with van der Waals surface area (Å²) in [4.78, 5) is 34.8. The summed E-state index contributed by atoms with van der Waals surface area (Å²) in [6, 6.07) is 9.60. The van der Waals surface area contributed by atoms with Crippen molar-refractivity contribution in [1.82, 2.24) is 19.7 Å². The fraction of sp³-hybridized carbons (Fsp3) is 0.381. The van der Waals surface area contributed by atoms with Crippen molar-refractivity contribution in [3.8, 4) is 0 Å². The number of rotatable bonds is 2. The minimum atomic E-state index is -0.320. The summed E-state index contributed by atoms with van der Waals surface area (Å²) in [6.07, 6.45) is 3.21. The molecule has 2 aliphatic heterocycles. The highest BCUT2D eigenvalue weighted by atomic mass is 19.1. The quantitative estimate of drug-likeness (QED) is 0.802. The van der Waals surface area contributed by atoms with Crippen molar-refractivity contribution >= 4 is 11.9 Å². The predicted octanol–water partition coefficient (Wildman–Crippen LogP) is 2.65. The van der Waals surface area contributed by atoms with Crippen LogP contribution in [-0.2, 0) is 0 Å². The molecular formula is C21H23FN4O2. The Labute approximate surface area is 163 Å². The molecule has 1 aromatic carbocycles. The first-order chi connectivity index (χ1) is 13.5. The van der Waals surface area contributed by atoms with Gasteiger partial charge in [-0.25, -0.2) is 9.18 Å². The molecule has 146 valence electrons. The molecule has 1 aromatic heterocycles. The molecule has 0 radical (unpaired) electrons. The highest BCUT2D eigenvalue weighted by molar-refractivity contribution is 5.94. The third-order valence-corrected chi connectivity index (χ3v) is 5.68. The molecule has 2 aromatic rings.